The summed E-state index contributed by atoms with van der Waals surface area (Å²) < 4.78 is 2.61. The summed E-state index contributed by atoms with van der Waals surface area (Å²) in [6.45, 7) is 4.67. The third kappa shape index (κ3) is 3.81. The van der Waals surface area contributed by atoms with Crippen molar-refractivity contribution in [2.24, 2.45) is 0 Å². The highest BCUT2D eigenvalue weighted by molar-refractivity contribution is 7.26. The first-order chi connectivity index (χ1) is 23.7. The van der Waals surface area contributed by atoms with Gasteiger partial charge in [-0.25, -0.2) is 4.98 Å². The molecule has 1 aliphatic rings. The molecule has 0 atom stereocenters. The van der Waals surface area contributed by atoms with Gasteiger partial charge in [0.2, 0.25) is 0 Å². The first-order valence-corrected chi connectivity index (χ1v) is 17.9. The summed E-state index contributed by atoms with van der Waals surface area (Å²) in [6, 6.07) is 51.9. The van der Waals surface area contributed by atoms with Crippen LogP contribution in [-0.4, -0.2) is 4.98 Å². The first-order valence-electron chi connectivity index (χ1n) is 17.1. The van der Waals surface area contributed by atoms with Crippen LogP contribution >= 0.6 is 11.3 Å². The van der Waals surface area contributed by atoms with Crippen molar-refractivity contribution in [3.63, 3.8) is 0 Å². The molecule has 0 spiro atoms. The van der Waals surface area contributed by atoms with E-state index in [1.54, 1.807) is 0 Å². The smallest absolute Gasteiger partial charge is 0.0808 e. The number of benzene rings is 7. The summed E-state index contributed by atoms with van der Waals surface area (Å²) in [5, 5.41) is 8.82. The predicted octanol–water partition coefficient (Wildman–Crippen LogP) is 13.3. The summed E-state index contributed by atoms with van der Waals surface area (Å²) in [7, 11) is 0. The monoisotopic (exact) mass is 631 g/mol. The standard InChI is InChI=1S/C46H33NS/c1-3-46(4-2)39-16-10-9-15-34(39)38-26-32(20-23-40(38)46)41-27-37(31-18-17-28-11-5-6-13-30(28)25-31)35-22-24-42-43(44(35)47-41)36-21-19-29-12-7-8-14-33(29)45(36)48-42/h5-27H,3-4H2,1-2H3. The Kier molecular flexibility index (Phi) is 5.98. The molecule has 0 N–H and O–H groups in total. The molecule has 228 valence electrons. The number of fused-ring (bicyclic) bond motifs is 11. The second kappa shape index (κ2) is 10.3. The fraction of sp³-hybridized carbons (Fsp3) is 0.109. The number of hydrogen-bond donors (Lipinski definition) is 0. The zero-order valence-electron chi connectivity index (χ0n) is 27.0. The number of aromatic nitrogens is 1. The fourth-order valence-electron chi connectivity index (χ4n) is 8.66. The van der Waals surface area contributed by atoms with Crippen molar-refractivity contribution in [2.75, 3.05) is 0 Å². The zero-order valence-corrected chi connectivity index (χ0v) is 27.9. The molecule has 0 radical (unpaired) electrons. The summed E-state index contributed by atoms with van der Waals surface area (Å²) in [6.07, 6.45) is 2.18. The van der Waals surface area contributed by atoms with Crippen LogP contribution in [0.15, 0.2) is 140 Å². The van der Waals surface area contributed by atoms with Crippen molar-refractivity contribution in [3.8, 4) is 33.5 Å². The van der Waals surface area contributed by atoms with Crippen molar-refractivity contribution in [2.45, 2.75) is 32.1 Å². The highest BCUT2D eigenvalue weighted by atomic mass is 32.1. The molecule has 0 amide bonds. The number of thiophene rings is 1. The van der Waals surface area contributed by atoms with Crippen LogP contribution in [0.4, 0.5) is 0 Å². The largest absolute Gasteiger partial charge is 0.247 e. The van der Waals surface area contributed by atoms with Crippen LogP contribution in [0, 0.1) is 0 Å². The lowest BCUT2D eigenvalue weighted by molar-refractivity contribution is 0.490. The SMILES string of the molecule is CCC1(CC)c2ccccc2-c2cc(-c3cc(-c4ccc5ccccc5c4)c4ccc5sc6c7ccccc7ccc6c5c4n3)ccc21. The van der Waals surface area contributed by atoms with E-state index in [0.29, 0.717) is 0 Å². The van der Waals surface area contributed by atoms with Crippen LogP contribution in [0.3, 0.4) is 0 Å². The van der Waals surface area contributed by atoms with E-state index in [1.165, 1.54) is 80.5 Å². The summed E-state index contributed by atoms with van der Waals surface area (Å²) in [4.78, 5) is 5.59. The van der Waals surface area contributed by atoms with Crippen LogP contribution in [-0.2, 0) is 5.41 Å². The lowest BCUT2D eigenvalue weighted by Gasteiger charge is -2.29. The van der Waals surface area contributed by atoms with Gasteiger partial charge in [0.15, 0.2) is 0 Å². The Hall–Kier alpha value is -5.31. The molecule has 2 heteroatoms. The van der Waals surface area contributed by atoms with Gasteiger partial charge in [0.05, 0.1) is 11.2 Å². The minimum absolute atomic E-state index is 0.0576. The highest BCUT2D eigenvalue weighted by Crippen LogP contribution is 2.53. The minimum atomic E-state index is 0.0576. The molecule has 0 bridgehead atoms. The second-order valence-corrected chi connectivity index (χ2v) is 14.4. The van der Waals surface area contributed by atoms with E-state index in [4.69, 9.17) is 4.98 Å². The average molecular weight is 632 g/mol. The van der Waals surface area contributed by atoms with Gasteiger partial charge in [-0.1, -0.05) is 129 Å². The molecule has 0 aliphatic heterocycles. The molecule has 1 nitrogen and oxygen atoms in total. The van der Waals surface area contributed by atoms with E-state index in [2.05, 4.69) is 153 Å². The van der Waals surface area contributed by atoms with Gasteiger partial charge in [-0.2, -0.15) is 0 Å². The van der Waals surface area contributed by atoms with Crippen molar-refractivity contribution in [1.82, 2.24) is 4.98 Å². The number of nitrogens with zero attached hydrogens (tertiary/aromatic N) is 1. The van der Waals surface area contributed by atoms with Gasteiger partial charge in [0, 0.05) is 36.5 Å². The van der Waals surface area contributed by atoms with Crippen LogP contribution in [0.1, 0.15) is 37.8 Å². The summed E-state index contributed by atoms with van der Waals surface area (Å²) >= 11 is 1.88. The first kappa shape index (κ1) is 27.8. The van der Waals surface area contributed by atoms with E-state index in [1.807, 2.05) is 11.3 Å². The van der Waals surface area contributed by atoms with Crippen molar-refractivity contribution in [3.05, 3.63) is 151 Å². The Balaban J connectivity index is 1.29. The Morgan fingerprint density at radius 2 is 1.23 bits per heavy atom. The molecule has 0 unspecified atom stereocenters. The summed E-state index contributed by atoms with van der Waals surface area (Å²) in [5.74, 6) is 0. The Morgan fingerprint density at radius 1 is 0.521 bits per heavy atom. The van der Waals surface area contributed by atoms with Gasteiger partial charge >= 0.3 is 0 Å². The van der Waals surface area contributed by atoms with Crippen LogP contribution in [0.5, 0.6) is 0 Å². The maximum absolute atomic E-state index is 5.59. The highest BCUT2D eigenvalue weighted by Gasteiger charge is 2.40. The van der Waals surface area contributed by atoms with Gasteiger partial charge in [0.25, 0.3) is 0 Å². The lowest BCUT2D eigenvalue weighted by Crippen LogP contribution is -2.22. The van der Waals surface area contributed by atoms with Crippen molar-refractivity contribution >= 4 is 64.0 Å². The van der Waals surface area contributed by atoms with Gasteiger partial charge < -0.3 is 0 Å². The predicted molar refractivity (Wildman–Crippen MR) is 207 cm³/mol. The van der Waals surface area contributed by atoms with E-state index >= 15 is 0 Å². The fourth-order valence-corrected chi connectivity index (χ4v) is 9.90. The molecule has 0 saturated carbocycles. The Morgan fingerprint density at radius 3 is 2.10 bits per heavy atom. The molecule has 9 aromatic rings. The molecule has 0 fully saturated rings. The summed E-state index contributed by atoms with van der Waals surface area (Å²) in [5.41, 5.74) is 11.4. The third-order valence-electron chi connectivity index (χ3n) is 11.1. The number of rotatable bonds is 4. The minimum Gasteiger partial charge on any atom is -0.247 e. The quantitative estimate of drug-likeness (QED) is 0.188. The number of pyridine rings is 1. The van der Waals surface area contributed by atoms with Crippen LogP contribution < -0.4 is 0 Å². The van der Waals surface area contributed by atoms with Gasteiger partial charge in [-0.3, -0.25) is 0 Å². The molecular weight excluding hydrogens is 599 g/mol. The maximum Gasteiger partial charge on any atom is 0.0808 e. The van der Waals surface area contributed by atoms with Crippen molar-refractivity contribution in [1.29, 1.82) is 0 Å². The Bertz CT molecular complexity index is 2760. The average Bonchev–Trinajstić information content (AvgIpc) is 3.68. The van der Waals surface area contributed by atoms with Gasteiger partial charge in [0.1, 0.15) is 0 Å². The topological polar surface area (TPSA) is 12.9 Å². The number of hydrogen-bond acceptors (Lipinski definition) is 2. The molecule has 7 aromatic carbocycles. The molecule has 0 saturated heterocycles. The lowest BCUT2D eigenvalue weighted by atomic mass is 9.74. The van der Waals surface area contributed by atoms with E-state index in [-0.39, 0.29) is 5.41 Å². The molecule has 2 aromatic heterocycles. The van der Waals surface area contributed by atoms with E-state index in [9.17, 15) is 0 Å². The zero-order chi connectivity index (χ0) is 32.0. The third-order valence-corrected chi connectivity index (χ3v) is 12.3. The molecule has 48 heavy (non-hydrogen) atoms. The second-order valence-electron chi connectivity index (χ2n) is 13.3. The van der Waals surface area contributed by atoms with E-state index < -0.39 is 0 Å². The molecule has 1 aliphatic carbocycles. The normalized spacial score (nSPS) is 13.5. The molecule has 2 heterocycles. The van der Waals surface area contributed by atoms with Crippen LogP contribution in [0.2, 0.25) is 0 Å². The molecular formula is C46H33NS. The maximum atomic E-state index is 5.59. The van der Waals surface area contributed by atoms with Gasteiger partial charge in [-0.05, 0) is 92.0 Å². The molecule has 10 rings (SSSR count). The van der Waals surface area contributed by atoms with Gasteiger partial charge in [-0.15, -0.1) is 11.3 Å². The Labute approximate surface area is 284 Å². The van der Waals surface area contributed by atoms with Crippen molar-refractivity contribution < 1.29 is 0 Å². The van der Waals surface area contributed by atoms with Crippen LogP contribution in [0.25, 0.3) is 86.1 Å². The van der Waals surface area contributed by atoms with E-state index in [0.717, 1.165) is 29.6 Å².